The number of unbranched alkanes of at least 4 members (excludes halogenated alkanes) is 8. The van der Waals surface area contributed by atoms with E-state index in [1.165, 1.54) is 164 Å². The summed E-state index contributed by atoms with van der Waals surface area (Å²) in [5.74, 6) is 0. The summed E-state index contributed by atoms with van der Waals surface area (Å²) in [6.07, 6.45) is 22.1. The van der Waals surface area contributed by atoms with Gasteiger partial charge in [-0.05, 0) is 51.4 Å². The van der Waals surface area contributed by atoms with Gasteiger partial charge in [-0.2, -0.15) is 0 Å². The van der Waals surface area contributed by atoms with Crippen LogP contribution < -0.4 is 29.4 Å². The van der Waals surface area contributed by atoms with Crippen molar-refractivity contribution in [3.63, 3.8) is 0 Å². The fourth-order valence-electron chi connectivity index (χ4n) is 5.29. The number of halogens is 2. The summed E-state index contributed by atoms with van der Waals surface area (Å²) in [6, 6.07) is 0. The molecule has 2 nitrogen and oxygen atoms in total. The molecular weight excluding hydrogens is 528 g/mol. The molecule has 0 aromatic heterocycles. The van der Waals surface area contributed by atoms with Gasteiger partial charge in [0.15, 0.2) is 0 Å². The summed E-state index contributed by atoms with van der Waals surface area (Å²) in [5.41, 5.74) is 0. The lowest BCUT2D eigenvalue weighted by Crippen LogP contribution is -3.00. The van der Waals surface area contributed by atoms with Crippen molar-refractivity contribution >= 4 is 0 Å². The maximum Gasteiger partial charge on any atom is 0.0786 e. The van der Waals surface area contributed by atoms with Gasteiger partial charge in [-0.3, -0.25) is 0 Å². The van der Waals surface area contributed by atoms with Crippen molar-refractivity contribution < 1.29 is 38.4 Å². The number of rotatable bonds is 24. The van der Waals surface area contributed by atoms with Crippen LogP contribution >= 0.6 is 0 Å². The average Bonchev–Trinajstić information content (AvgIpc) is 2.87. The Morgan fingerprint density at radius 3 is 0.472 bits per heavy atom. The summed E-state index contributed by atoms with van der Waals surface area (Å²) in [5, 5.41) is 0. The zero-order valence-corrected chi connectivity index (χ0v) is 29.0. The maximum absolute atomic E-state index is 2.33. The summed E-state index contributed by atoms with van der Waals surface area (Å²) in [4.78, 5) is 0. The molecule has 0 atom stereocenters. The van der Waals surface area contributed by atoms with E-state index in [4.69, 9.17) is 0 Å². The van der Waals surface area contributed by atoms with Gasteiger partial charge in [0, 0.05) is 0 Å². The van der Waals surface area contributed by atoms with Crippen LogP contribution in [0.5, 0.6) is 0 Å². The quantitative estimate of drug-likeness (QED) is 0.147. The molecule has 0 aliphatic heterocycles. The van der Waals surface area contributed by atoms with Crippen LogP contribution in [0.25, 0.3) is 0 Å². The van der Waals surface area contributed by atoms with Crippen LogP contribution in [-0.4, -0.2) is 61.3 Å². The standard InChI is InChI=1S/2C16H36N.BrH.ClH/c2*1-5-9-13-17(14-10-6-2,15-11-7-3)16-12-8-4;;/h2*5-16H2,1-4H3;2*1H/q2*+1;;/p-2. The van der Waals surface area contributed by atoms with Gasteiger partial charge in [0.05, 0.1) is 52.4 Å². The Balaban J connectivity index is -0.000000269. The molecule has 0 aromatic carbocycles. The van der Waals surface area contributed by atoms with Crippen molar-refractivity contribution in [1.29, 1.82) is 0 Å². The van der Waals surface area contributed by atoms with Gasteiger partial charge in [0.25, 0.3) is 0 Å². The molecule has 4 heteroatoms. The number of quaternary nitrogens is 2. The Morgan fingerprint density at radius 1 is 0.278 bits per heavy atom. The first-order valence-electron chi connectivity index (χ1n) is 16.2. The van der Waals surface area contributed by atoms with Crippen LogP contribution in [0.3, 0.4) is 0 Å². The number of hydrogen-bond donors (Lipinski definition) is 0. The minimum absolute atomic E-state index is 0. The summed E-state index contributed by atoms with van der Waals surface area (Å²) in [6.45, 7) is 30.0. The Labute approximate surface area is 248 Å². The van der Waals surface area contributed by atoms with Crippen molar-refractivity contribution in [1.82, 2.24) is 0 Å². The SMILES string of the molecule is CCCC[N+](CCCC)(CCCC)CCCC.CCCC[N+](CCCC)(CCCC)CCCC.[Br-].[Cl-]. The third kappa shape index (κ3) is 23.8. The minimum Gasteiger partial charge on any atom is -1.00 e. The molecule has 0 unspecified atom stereocenters. The predicted octanol–water partition coefficient (Wildman–Crippen LogP) is 4.02. The second kappa shape index (κ2) is 31.9. The first-order valence-corrected chi connectivity index (χ1v) is 16.2. The molecule has 0 rings (SSSR count). The molecular formula is C32H72BrClN2. The van der Waals surface area contributed by atoms with E-state index in [-0.39, 0.29) is 29.4 Å². The summed E-state index contributed by atoms with van der Waals surface area (Å²) < 4.78 is 2.84. The fourth-order valence-corrected chi connectivity index (χ4v) is 5.29. The molecule has 0 amide bonds. The molecule has 0 fully saturated rings. The van der Waals surface area contributed by atoms with Crippen LogP contribution in [0.2, 0.25) is 0 Å². The summed E-state index contributed by atoms with van der Waals surface area (Å²) in [7, 11) is 0. The van der Waals surface area contributed by atoms with Crippen LogP contribution in [0.1, 0.15) is 158 Å². The van der Waals surface area contributed by atoms with E-state index >= 15 is 0 Å². The number of hydrogen-bond acceptors (Lipinski definition) is 0. The van der Waals surface area contributed by atoms with E-state index in [1.54, 1.807) is 0 Å². The van der Waals surface area contributed by atoms with Gasteiger partial charge < -0.3 is 38.4 Å². The van der Waals surface area contributed by atoms with Gasteiger partial charge in [0.2, 0.25) is 0 Å². The van der Waals surface area contributed by atoms with Gasteiger partial charge in [-0.25, -0.2) is 0 Å². The van der Waals surface area contributed by atoms with Crippen LogP contribution in [0.4, 0.5) is 0 Å². The second-order valence-electron chi connectivity index (χ2n) is 11.3. The normalized spacial score (nSPS) is 11.3. The topological polar surface area (TPSA) is 0 Å². The highest BCUT2D eigenvalue weighted by Crippen LogP contribution is 2.17. The smallest absolute Gasteiger partial charge is 0.0786 e. The zero-order valence-electron chi connectivity index (χ0n) is 26.6. The van der Waals surface area contributed by atoms with Gasteiger partial charge in [0.1, 0.15) is 0 Å². The minimum atomic E-state index is 0. The molecule has 0 radical (unpaired) electrons. The van der Waals surface area contributed by atoms with E-state index in [0.29, 0.717) is 0 Å². The first kappa shape index (κ1) is 43.7. The highest BCUT2D eigenvalue weighted by atomic mass is 79.9. The second-order valence-corrected chi connectivity index (χ2v) is 11.3. The molecule has 0 heterocycles. The zero-order chi connectivity index (χ0) is 26.0. The fraction of sp³-hybridized carbons (Fsp3) is 1.00. The van der Waals surface area contributed by atoms with Crippen molar-refractivity contribution in [3.05, 3.63) is 0 Å². The van der Waals surface area contributed by atoms with Crippen molar-refractivity contribution in [2.75, 3.05) is 52.4 Å². The predicted molar refractivity (Wildman–Crippen MR) is 159 cm³/mol. The third-order valence-electron chi connectivity index (χ3n) is 7.89. The molecule has 0 aromatic rings. The molecule has 0 bridgehead atoms. The average molecular weight is 600 g/mol. The van der Waals surface area contributed by atoms with Crippen LogP contribution in [0.15, 0.2) is 0 Å². The van der Waals surface area contributed by atoms with Crippen LogP contribution in [0, 0.1) is 0 Å². The molecule has 0 saturated carbocycles. The van der Waals surface area contributed by atoms with Crippen molar-refractivity contribution in [2.45, 2.75) is 158 Å². The Morgan fingerprint density at radius 2 is 0.389 bits per heavy atom. The monoisotopic (exact) mass is 598 g/mol. The molecule has 0 saturated heterocycles. The van der Waals surface area contributed by atoms with Crippen molar-refractivity contribution in [3.8, 4) is 0 Å². The van der Waals surface area contributed by atoms with Gasteiger partial charge >= 0.3 is 0 Å². The van der Waals surface area contributed by atoms with Gasteiger partial charge in [-0.15, -0.1) is 0 Å². The molecule has 0 N–H and O–H groups in total. The van der Waals surface area contributed by atoms with E-state index in [2.05, 4.69) is 55.4 Å². The lowest BCUT2D eigenvalue weighted by Gasteiger charge is -2.39. The number of nitrogens with zero attached hydrogens (tertiary/aromatic N) is 2. The molecule has 0 spiro atoms. The molecule has 36 heavy (non-hydrogen) atoms. The van der Waals surface area contributed by atoms with E-state index < -0.39 is 0 Å². The highest BCUT2D eigenvalue weighted by molar-refractivity contribution is 4.50. The van der Waals surface area contributed by atoms with E-state index in [9.17, 15) is 0 Å². The Bertz CT molecular complexity index is 281. The molecule has 0 aliphatic carbocycles. The Hall–Kier alpha value is 0.690. The largest absolute Gasteiger partial charge is 1.00 e. The molecule has 0 aliphatic rings. The maximum atomic E-state index is 2.33. The lowest BCUT2D eigenvalue weighted by atomic mass is 10.1. The lowest BCUT2D eigenvalue weighted by molar-refractivity contribution is -0.929. The van der Waals surface area contributed by atoms with Crippen LogP contribution in [-0.2, 0) is 0 Å². The first-order chi connectivity index (χ1) is 16.5. The van der Waals surface area contributed by atoms with E-state index in [1.807, 2.05) is 0 Å². The third-order valence-corrected chi connectivity index (χ3v) is 7.89. The van der Waals surface area contributed by atoms with Crippen molar-refractivity contribution in [2.24, 2.45) is 0 Å². The Kier molecular flexibility index (Phi) is 38.8. The van der Waals surface area contributed by atoms with E-state index in [0.717, 1.165) is 0 Å². The molecule has 224 valence electrons. The summed E-state index contributed by atoms with van der Waals surface area (Å²) >= 11 is 0. The highest BCUT2D eigenvalue weighted by Gasteiger charge is 2.25. The van der Waals surface area contributed by atoms with Gasteiger partial charge in [-0.1, -0.05) is 107 Å².